The summed E-state index contributed by atoms with van der Waals surface area (Å²) in [5, 5.41) is 3.25. The molecule has 2 rings (SSSR count). The van der Waals surface area contributed by atoms with Crippen molar-refractivity contribution < 1.29 is 13.9 Å². The summed E-state index contributed by atoms with van der Waals surface area (Å²) in [6.07, 6.45) is 2.40. The van der Waals surface area contributed by atoms with Crippen molar-refractivity contribution >= 4 is 5.97 Å². The quantitative estimate of drug-likeness (QED) is 0.815. The average molecular weight is 251 g/mol. The molecule has 0 aromatic heterocycles. The molecule has 0 spiro atoms. The van der Waals surface area contributed by atoms with E-state index in [1.165, 1.54) is 32.1 Å². The predicted octanol–water partition coefficient (Wildman–Crippen LogP) is 2.21. The van der Waals surface area contributed by atoms with Crippen LogP contribution in [0.25, 0.3) is 0 Å². The van der Waals surface area contributed by atoms with Gasteiger partial charge in [-0.15, -0.1) is 0 Å². The number of halogens is 1. The van der Waals surface area contributed by atoms with Crippen molar-refractivity contribution in [1.82, 2.24) is 5.32 Å². The molecule has 1 N–H and O–H groups in total. The number of benzene rings is 1. The molecule has 1 unspecified atom stereocenters. The van der Waals surface area contributed by atoms with Crippen LogP contribution in [0.4, 0.5) is 4.39 Å². The summed E-state index contributed by atoms with van der Waals surface area (Å²) in [7, 11) is 1.36. The molecule has 1 aromatic rings. The Balaban J connectivity index is 2.21. The molecule has 1 saturated carbocycles. The zero-order chi connectivity index (χ0) is 13.2. The monoisotopic (exact) mass is 251 g/mol. The Hall–Kier alpha value is -1.42. The van der Waals surface area contributed by atoms with E-state index in [0.29, 0.717) is 5.92 Å². The number of ether oxygens (including phenoxy) is 1. The van der Waals surface area contributed by atoms with Crippen molar-refractivity contribution in [3.05, 3.63) is 35.6 Å². The maximum absolute atomic E-state index is 12.9. The molecule has 0 bridgehead atoms. The van der Waals surface area contributed by atoms with Crippen molar-refractivity contribution in [3.63, 3.8) is 0 Å². The molecule has 3 nitrogen and oxygen atoms in total. The second kappa shape index (κ2) is 5.06. The van der Waals surface area contributed by atoms with Crippen molar-refractivity contribution in [2.24, 2.45) is 5.92 Å². The number of rotatable bonds is 5. The Morgan fingerprint density at radius 2 is 2.06 bits per heavy atom. The molecular weight excluding hydrogens is 233 g/mol. The first-order valence-electron chi connectivity index (χ1n) is 6.16. The normalized spacial score (nSPS) is 18.2. The van der Waals surface area contributed by atoms with Gasteiger partial charge in [0.15, 0.2) is 0 Å². The molecule has 0 saturated heterocycles. The molecule has 0 amide bonds. The van der Waals surface area contributed by atoms with E-state index in [-0.39, 0.29) is 11.8 Å². The van der Waals surface area contributed by atoms with Gasteiger partial charge in [0.05, 0.1) is 7.11 Å². The molecule has 1 aromatic carbocycles. The number of carbonyl (C=O) groups excluding carboxylic acids is 1. The Labute approximate surface area is 106 Å². The Morgan fingerprint density at radius 1 is 1.44 bits per heavy atom. The third-order valence-electron chi connectivity index (χ3n) is 3.46. The lowest BCUT2D eigenvalue weighted by atomic mass is 9.91. The number of hydrogen-bond donors (Lipinski definition) is 1. The lowest BCUT2D eigenvalue weighted by Gasteiger charge is -2.28. The minimum Gasteiger partial charge on any atom is -0.467 e. The van der Waals surface area contributed by atoms with E-state index in [0.717, 1.165) is 12.1 Å². The van der Waals surface area contributed by atoms with E-state index >= 15 is 0 Å². The highest BCUT2D eigenvalue weighted by Crippen LogP contribution is 2.30. The van der Waals surface area contributed by atoms with E-state index in [1.807, 2.05) is 0 Å². The Morgan fingerprint density at radius 3 is 2.56 bits per heavy atom. The first kappa shape index (κ1) is 13.0. The molecule has 1 aliphatic carbocycles. The second-order valence-corrected chi connectivity index (χ2v) is 4.95. The largest absolute Gasteiger partial charge is 0.467 e. The van der Waals surface area contributed by atoms with Gasteiger partial charge in [-0.25, -0.2) is 9.18 Å². The van der Waals surface area contributed by atoms with E-state index in [4.69, 9.17) is 4.74 Å². The molecule has 1 fully saturated rings. The predicted molar refractivity (Wildman–Crippen MR) is 66.5 cm³/mol. The van der Waals surface area contributed by atoms with E-state index < -0.39 is 5.54 Å². The SMILES string of the molecule is COC(=O)C(C)(NCC1CC1)c1ccc(F)cc1. The lowest BCUT2D eigenvalue weighted by Crippen LogP contribution is -2.48. The summed E-state index contributed by atoms with van der Waals surface area (Å²) < 4.78 is 17.8. The van der Waals surface area contributed by atoms with Crippen LogP contribution in [-0.4, -0.2) is 19.6 Å². The zero-order valence-corrected chi connectivity index (χ0v) is 10.7. The van der Waals surface area contributed by atoms with Crippen LogP contribution in [0.3, 0.4) is 0 Å². The number of hydrogen-bond acceptors (Lipinski definition) is 3. The van der Waals surface area contributed by atoms with Gasteiger partial charge in [0, 0.05) is 0 Å². The van der Waals surface area contributed by atoms with Crippen molar-refractivity contribution in [2.75, 3.05) is 13.7 Å². The van der Waals surface area contributed by atoms with Crippen LogP contribution in [0.1, 0.15) is 25.3 Å². The lowest BCUT2D eigenvalue weighted by molar-refractivity contribution is -0.148. The maximum atomic E-state index is 12.9. The highest BCUT2D eigenvalue weighted by molar-refractivity contribution is 5.82. The number of esters is 1. The molecule has 98 valence electrons. The van der Waals surface area contributed by atoms with Gasteiger partial charge in [-0.1, -0.05) is 12.1 Å². The molecule has 0 aliphatic heterocycles. The molecule has 4 heteroatoms. The van der Waals surface area contributed by atoms with Crippen LogP contribution in [0.2, 0.25) is 0 Å². The smallest absolute Gasteiger partial charge is 0.330 e. The summed E-state index contributed by atoms with van der Waals surface area (Å²) in [5.74, 6) is -0.0163. The molecule has 1 atom stereocenters. The average Bonchev–Trinajstić information content (AvgIpc) is 3.19. The summed E-state index contributed by atoms with van der Waals surface area (Å²) in [6.45, 7) is 2.55. The van der Waals surface area contributed by atoms with Gasteiger partial charge in [0.25, 0.3) is 0 Å². The minimum absolute atomic E-state index is 0.312. The summed E-state index contributed by atoms with van der Waals surface area (Å²) >= 11 is 0. The van der Waals surface area contributed by atoms with Crippen molar-refractivity contribution in [2.45, 2.75) is 25.3 Å². The second-order valence-electron chi connectivity index (χ2n) is 4.95. The maximum Gasteiger partial charge on any atom is 0.330 e. The third-order valence-corrected chi connectivity index (χ3v) is 3.46. The topological polar surface area (TPSA) is 38.3 Å². The van der Waals surface area contributed by atoms with Gasteiger partial charge in [-0.3, -0.25) is 5.32 Å². The van der Waals surface area contributed by atoms with Gasteiger partial charge in [-0.2, -0.15) is 0 Å². The molecular formula is C14H18FNO2. The van der Waals surface area contributed by atoms with Gasteiger partial charge in [-0.05, 0) is 49.9 Å². The molecule has 0 heterocycles. The highest BCUT2D eigenvalue weighted by atomic mass is 19.1. The van der Waals surface area contributed by atoms with Crippen LogP contribution >= 0.6 is 0 Å². The fraction of sp³-hybridized carbons (Fsp3) is 0.500. The van der Waals surface area contributed by atoms with Crippen molar-refractivity contribution in [1.29, 1.82) is 0 Å². The summed E-state index contributed by atoms with van der Waals surface area (Å²) in [6, 6.07) is 5.95. The fourth-order valence-corrected chi connectivity index (χ4v) is 1.95. The molecule has 1 aliphatic rings. The van der Waals surface area contributed by atoms with Crippen LogP contribution in [-0.2, 0) is 15.1 Å². The first-order chi connectivity index (χ1) is 8.56. The van der Waals surface area contributed by atoms with Gasteiger partial charge in [0.1, 0.15) is 11.4 Å². The molecule has 0 radical (unpaired) electrons. The fourth-order valence-electron chi connectivity index (χ4n) is 1.95. The summed E-state index contributed by atoms with van der Waals surface area (Å²) in [5.41, 5.74) is -0.193. The van der Waals surface area contributed by atoms with Gasteiger partial charge in [0.2, 0.25) is 0 Å². The van der Waals surface area contributed by atoms with E-state index in [1.54, 1.807) is 19.1 Å². The Bertz CT molecular complexity index is 428. The molecule has 18 heavy (non-hydrogen) atoms. The van der Waals surface area contributed by atoms with Crippen LogP contribution in [0, 0.1) is 11.7 Å². The van der Waals surface area contributed by atoms with Gasteiger partial charge >= 0.3 is 5.97 Å². The highest BCUT2D eigenvalue weighted by Gasteiger charge is 2.37. The van der Waals surface area contributed by atoms with E-state index in [2.05, 4.69) is 5.32 Å². The Kier molecular flexibility index (Phi) is 3.66. The zero-order valence-electron chi connectivity index (χ0n) is 10.7. The van der Waals surface area contributed by atoms with Crippen molar-refractivity contribution in [3.8, 4) is 0 Å². The van der Waals surface area contributed by atoms with Crippen LogP contribution < -0.4 is 5.32 Å². The number of nitrogens with one attached hydrogen (secondary N) is 1. The first-order valence-corrected chi connectivity index (χ1v) is 6.16. The van der Waals surface area contributed by atoms with Crippen LogP contribution in [0.5, 0.6) is 0 Å². The minimum atomic E-state index is -0.912. The van der Waals surface area contributed by atoms with Gasteiger partial charge < -0.3 is 4.74 Å². The summed E-state index contributed by atoms with van der Waals surface area (Å²) in [4.78, 5) is 12.0. The number of methoxy groups -OCH3 is 1. The third kappa shape index (κ3) is 2.70. The van der Waals surface area contributed by atoms with Crippen LogP contribution in [0.15, 0.2) is 24.3 Å². The standard InChI is InChI=1S/C14H18FNO2/c1-14(13(17)18-2,16-9-10-3-4-10)11-5-7-12(15)8-6-11/h5-8,10,16H,3-4,9H2,1-2H3. The van der Waals surface area contributed by atoms with E-state index in [9.17, 15) is 9.18 Å². The number of carbonyl (C=O) groups is 1.